The van der Waals surface area contributed by atoms with Gasteiger partial charge in [0.1, 0.15) is 12.6 Å². The molecule has 1 heterocycles. The molecule has 1 aromatic carbocycles. The minimum atomic E-state index is -0.684. The van der Waals surface area contributed by atoms with Crippen LogP contribution >= 0.6 is 0 Å². The van der Waals surface area contributed by atoms with Gasteiger partial charge in [-0.05, 0) is 18.4 Å². The molecule has 1 atom stereocenters. The molecule has 24 heavy (non-hydrogen) atoms. The highest BCUT2D eigenvalue weighted by Crippen LogP contribution is 2.25. The second kappa shape index (κ2) is 7.99. The summed E-state index contributed by atoms with van der Waals surface area (Å²) in [5.74, 6) is -0.0749. The van der Waals surface area contributed by atoms with Gasteiger partial charge < -0.3 is 15.0 Å². The predicted molar refractivity (Wildman–Crippen MR) is 93.3 cm³/mol. The lowest BCUT2D eigenvalue weighted by Crippen LogP contribution is -2.54. The number of rotatable bonds is 6. The fourth-order valence-corrected chi connectivity index (χ4v) is 2.69. The molecule has 2 rings (SSSR count). The van der Waals surface area contributed by atoms with Gasteiger partial charge in [0.2, 0.25) is 5.91 Å². The topological polar surface area (TPSA) is 58.6 Å². The van der Waals surface area contributed by atoms with Gasteiger partial charge in [-0.2, -0.15) is 0 Å². The Hall–Kier alpha value is -2.30. The third-order valence-electron chi connectivity index (χ3n) is 4.41. The lowest BCUT2D eigenvalue weighted by Gasteiger charge is -2.33. The lowest BCUT2D eigenvalue weighted by atomic mass is 9.83. The summed E-state index contributed by atoms with van der Waals surface area (Å²) in [4.78, 5) is 26.7. The second-order valence-electron chi connectivity index (χ2n) is 6.70. The first-order chi connectivity index (χ1) is 11.4. The van der Waals surface area contributed by atoms with E-state index in [0.717, 1.165) is 31.5 Å². The number of carbonyl (C=O) groups excluding carboxylic acids is 2. The van der Waals surface area contributed by atoms with E-state index >= 15 is 0 Å². The average molecular weight is 330 g/mol. The summed E-state index contributed by atoms with van der Waals surface area (Å²) in [6.45, 7) is 9.22. The van der Waals surface area contributed by atoms with Crippen molar-refractivity contribution in [2.45, 2.75) is 39.3 Å². The Kier molecular flexibility index (Phi) is 6.01. The van der Waals surface area contributed by atoms with Gasteiger partial charge in [-0.3, -0.25) is 4.79 Å². The Labute approximate surface area is 143 Å². The predicted octanol–water partition coefficient (Wildman–Crippen LogP) is 3.12. The Morgan fingerprint density at radius 3 is 2.50 bits per heavy atom. The minimum Gasteiger partial charge on any atom is -0.445 e. The van der Waals surface area contributed by atoms with Crippen molar-refractivity contribution in [3.05, 3.63) is 48.6 Å². The number of nitrogens with zero attached hydrogens (tertiary/aromatic N) is 1. The molecule has 0 aliphatic carbocycles. The van der Waals surface area contributed by atoms with E-state index in [1.807, 2.05) is 44.2 Å². The molecule has 1 saturated heterocycles. The van der Waals surface area contributed by atoms with E-state index in [0.29, 0.717) is 0 Å². The van der Waals surface area contributed by atoms with Gasteiger partial charge in [0.15, 0.2) is 0 Å². The van der Waals surface area contributed by atoms with Crippen LogP contribution in [0.5, 0.6) is 0 Å². The Balaban J connectivity index is 2.00. The van der Waals surface area contributed by atoms with Gasteiger partial charge in [-0.15, -0.1) is 6.58 Å². The van der Waals surface area contributed by atoms with Crippen molar-refractivity contribution in [2.24, 2.45) is 5.41 Å². The van der Waals surface area contributed by atoms with E-state index in [4.69, 9.17) is 4.74 Å². The van der Waals surface area contributed by atoms with Crippen molar-refractivity contribution in [3.63, 3.8) is 0 Å². The van der Waals surface area contributed by atoms with Crippen LogP contribution < -0.4 is 5.32 Å². The first-order valence-corrected chi connectivity index (χ1v) is 8.33. The van der Waals surface area contributed by atoms with Crippen molar-refractivity contribution in [3.8, 4) is 0 Å². The highest BCUT2D eigenvalue weighted by atomic mass is 16.5. The van der Waals surface area contributed by atoms with Crippen LogP contribution in [0, 0.1) is 5.41 Å². The second-order valence-corrected chi connectivity index (χ2v) is 6.70. The summed E-state index contributed by atoms with van der Waals surface area (Å²) in [5, 5.41) is 2.73. The maximum atomic E-state index is 12.8. The van der Waals surface area contributed by atoms with E-state index < -0.39 is 17.6 Å². The maximum Gasteiger partial charge on any atom is 0.408 e. The molecule has 5 heteroatoms. The van der Waals surface area contributed by atoms with Crippen LogP contribution in [0.15, 0.2) is 43.0 Å². The van der Waals surface area contributed by atoms with E-state index in [1.54, 1.807) is 11.0 Å². The summed E-state index contributed by atoms with van der Waals surface area (Å²) >= 11 is 0. The van der Waals surface area contributed by atoms with Crippen molar-refractivity contribution in [1.29, 1.82) is 0 Å². The van der Waals surface area contributed by atoms with E-state index in [-0.39, 0.29) is 12.5 Å². The van der Waals surface area contributed by atoms with Crippen LogP contribution in [0.1, 0.15) is 32.3 Å². The normalized spacial score (nSPS) is 15.7. The largest absolute Gasteiger partial charge is 0.445 e. The molecule has 0 aromatic heterocycles. The van der Waals surface area contributed by atoms with Crippen LogP contribution in [0.2, 0.25) is 0 Å². The highest BCUT2D eigenvalue weighted by Gasteiger charge is 2.38. The number of hydrogen-bond donors (Lipinski definition) is 1. The molecule has 1 aliphatic heterocycles. The fourth-order valence-electron chi connectivity index (χ4n) is 2.69. The molecule has 0 unspecified atom stereocenters. The number of alkyl carbamates (subject to hydrolysis) is 1. The van der Waals surface area contributed by atoms with Crippen LogP contribution in [-0.4, -0.2) is 36.0 Å². The first kappa shape index (κ1) is 18.0. The lowest BCUT2D eigenvalue weighted by molar-refractivity contribution is -0.134. The van der Waals surface area contributed by atoms with E-state index in [2.05, 4.69) is 11.9 Å². The zero-order chi connectivity index (χ0) is 17.6. The summed E-state index contributed by atoms with van der Waals surface area (Å²) in [6, 6.07) is 8.76. The zero-order valence-electron chi connectivity index (χ0n) is 14.5. The molecule has 130 valence electrons. The van der Waals surface area contributed by atoms with Crippen molar-refractivity contribution < 1.29 is 14.3 Å². The average Bonchev–Trinajstić information content (AvgIpc) is 3.12. The van der Waals surface area contributed by atoms with Crippen molar-refractivity contribution >= 4 is 12.0 Å². The number of amides is 2. The molecular weight excluding hydrogens is 304 g/mol. The summed E-state index contributed by atoms with van der Waals surface area (Å²) in [5.41, 5.74) is 0.337. The van der Waals surface area contributed by atoms with Gasteiger partial charge in [-0.1, -0.05) is 50.3 Å². The molecule has 2 amide bonds. The zero-order valence-corrected chi connectivity index (χ0v) is 14.5. The molecule has 5 nitrogen and oxygen atoms in total. The third kappa shape index (κ3) is 4.60. The van der Waals surface area contributed by atoms with E-state index in [1.165, 1.54) is 0 Å². The van der Waals surface area contributed by atoms with Crippen molar-refractivity contribution in [1.82, 2.24) is 10.2 Å². The standard InChI is InChI=1S/C19H26N2O3/c1-4-19(2,3)16(17(22)21-12-8-9-13-21)20-18(23)24-14-15-10-6-5-7-11-15/h4-7,10-11,16H,1,8-9,12-14H2,2-3H3,(H,20,23)/t16-/m1/s1. The SMILES string of the molecule is C=CC(C)(C)[C@H](NC(=O)OCc1ccccc1)C(=O)N1CCCC1. The fraction of sp³-hybridized carbons (Fsp3) is 0.474. The molecule has 0 spiro atoms. The van der Waals surface area contributed by atoms with Gasteiger partial charge in [-0.25, -0.2) is 4.79 Å². The Morgan fingerprint density at radius 2 is 1.92 bits per heavy atom. The molecule has 1 aromatic rings. The number of carbonyl (C=O) groups is 2. The van der Waals surface area contributed by atoms with Crippen LogP contribution in [0.3, 0.4) is 0 Å². The number of hydrogen-bond acceptors (Lipinski definition) is 3. The molecule has 1 N–H and O–H groups in total. The number of likely N-dealkylation sites (tertiary alicyclic amines) is 1. The van der Waals surface area contributed by atoms with Crippen LogP contribution in [0.25, 0.3) is 0 Å². The van der Waals surface area contributed by atoms with Crippen molar-refractivity contribution in [2.75, 3.05) is 13.1 Å². The van der Waals surface area contributed by atoms with Gasteiger partial charge >= 0.3 is 6.09 Å². The Bertz CT molecular complexity index is 578. The first-order valence-electron chi connectivity index (χ1n) is 8.33. The third-order valence-corrected chi connectivity index (χ3v) is 4.41. The smallest absolute Gasteiger partial charge is 0.408 e. The molecule has 1 aliphatic rings. The molecule has 1 fully saturated rings. The maximum absolute atomic E-state index is 12.8. The van der Waals surface area contributed by atoms with Gasteiger partial charge in [0, 0.05) is 18.5 Å². The monoisotopic (exact) mass is 330 g/mol. The molecule has 0 saturated carbocycles. The highest BCUT2D eigenvalue weighted by molar-refractivity contribution is 5.87. The van der Waals surface area contributed by atoms with E-state index in [9.17, 15) is 9.59 Å². The molecule has 0 bridgehead atoms. The Morgan fingerprint density at radius 1 is 1.29 bits per heavy atom. The quantitative estimate of drug-likeness (QED) is 0.815. The van der Waals surface area contributed by atoms with Crippen LogP contribution in [0.4, 0.5) is 4.79 Å². The number of ether oxygens (including phenoxy) is 1. The summed E-state index contributed by atoms with van der Waals surface area (Å²) in [7, 11) is 0. The van der Waals surface area contributed by atoms with Gasteiger partial charge in [0.25, 0.3) is 0 Å². The van der Waals surface area contributed by atoms with Crippen LogP contribution in [-0.2, 0) is 16.1 Å². The molecular formula is C19H26N2O3. The number of benzene rings is 1. The minimum absolute atomic E-state index is 0.0749. The number of nitrogens with one attached hydrogen (secondary N) is 1. The summed E-state index contributed by atoms with van der Waals surface area (Å²) < 4.78 is 5.26. The molecule has 0 radical (unpaired) electrons. The summed E-state index contributed by atoms with van der Waals surface area (Å²) in [6.07, 6.45) is 3.12. The van der Waals surface area contributed by atoms with Gasteiger partial charge in [0.05, 0.1) is 0 Å².